The highest BCUT2D eigenvalue weighted by Gasteiger charge is 2.29. The molecule has 0 spiro atoms. The first-order valence-corrected chi connectivity index (χ1v) is 10.3. The van der Waals surface area contributed by atoms with Crippen molar-refractivity contribution in [3.8, 4) is 39.4 Å². The zero-order valence-electron chi connectivity index (χ0n) is 17.7. The molecule has 0 bridgehead atoms. The largest absolute Gasteiger partial charge is 0.289 e. The number of ketones is 1. The lowest BCUT2D eigenvalue weighted by Crippen LogP contribution is -1.97. The quantitative estimate of drug-likeness (QED) is 0.287. The normalized spacial score (nSPS) is 11.4. The molecular formula is C29H18N2O. The second-order valence-corrected chi connectivity index (χ2v) is 8.10. The second kappa shape index (κ2) is 7.34. The van der Waals surface area contributed by atoms with Crippen LogP contribution in [0.5, 0.6) is 0 Å². The molecule has 0 saturated heterocycles. The van der Waals surface area contributed by atoms with E-state index >= 15 is 0 Å². The van der Waals surface area contributed by atoms with Gasteiger partial charge in [-0.15, -0.1) is 0 Å². The van der Waals surface area contributed by atoms with E-state index in [1.165, 1.54) is 0 Å². The fraction of sp³-hybridized carbons (Fsp3) is 0.0690. The van der Waals surface area contributed by atoms with Crippen LogP contribution in [0.3, 0.4) is 0 Å². The van der Waals surface area contributed by atoms with Gasteiger partial charge in [0.15, 0.2) is 11.5 Å². The van der Waals surface area contributed by atoms with Crippen LogP contribution in [0.1, 0.15) is 32.6 Å². The standard InChI is InChI=1S/C29H18N2O/c1-17-12-25-26-13-18(2)24(21-8-10-22(31-3)11-9-21)15-28(26)29(32)27(25)14-23(17)20-6-4-19(16-30)5-7-20/h4-15H,1-2H3. The van der Waals surface area contributed by atoms with E-state index in [9.17, 15) is 4.79 Å². The van der Waals surface area contributed by atoms with Crippen LogP contribution in [0.25, 0.3) is 38.2 Å². The summed E-state index contributed by atoms with van der Waals surface area (Å²) in [6, 6.07) is 25.2. The average molecular weight is 410 g/mol. The molecule has 0 amide bonds. The Hall–Kier alpha value is -4.47. The van der Waals surface area contributed by atoms with Gasteiger partial charge in [0.2, 0.25) is 0 Å². The molecule has 0 fully saturated rings. The second-order valence-electron chi connectivity index (χ2n) is 8.10. The Kier molecular flexibility index (Phi) is 4.47. The Bertz CT molecular complexity index is 1380. The van der Waals surface area contributed by atoms with Gasteiger partial charge in [-0.3, -0.25) is 4.79 Å². The molecule has 0 atom stereocenters. The van der Waals surface area contributed by atoms with Crippen molar-refractivity contribution >= 4 is 11.5 Å². The van der Waals surface area contributed by atoms with Crippen molar-refractivity contribution in [3.63, 3.8) is 0 Å². The zero-order chi connectivity index (χ0) is 22.4. The van der Waals surface area contributed by atoms with Gasteiger partial charge in [0.25, 0.3) is 0 Å². The highest BCUT2D eigenvalue weighted by molar-refractivity contribution is 6.23. The number of aryl methyl sites for hydroxylation is 2. The summed E-state index contributed by atoms with van der Waals surface area (Å²) in [5.74, 6) is 0.0314. The Labute approximate surface area is 187 Å². The lowest BCUT2D eigenvalue weighted by atomic mass is 9.92. The number of nitrogens with zero attached hydrogens (tertiary/aromatic N) is 2. The molecule has 4 aromatic rings. The summed E-state index contributed by atoms with van der Waals surface area (Å²) in [5, 5.41) is 9.06. The van der Waals surface area contributed by atoms with Gasteiger partial charge < -0.3 is 0 Å². The molecule has 32 heavy (non-hydrogen) atoms. The van der Waals surface area contributed by atoms with Crippen molar-refractivity contribution in [1.29, 1.82) is 5.26 Å². The van der Waals surface area contributed by atoms with Gasteiger partial charge in [-0.2, -0.15) is 5.26 Å². The van der Waals surface area contributed by atoms with Crippen LogP contribution in [0.15, 0.2) is 72.8 Å². The van der Waals surface area contributed by atoms with E-state index in [-0.39, 0.29) is 5.78 Å². The van der Waals surface area contributed by atoms with Crippen LogP contribution in [0.4, 0.5) is 5.69 Å². The molecule has 3 nitrogen and oxygen atoms in total. The maximum absolute atomic E-state index is 13.4. The van der Waals surface area contributed by atoms with E-state index in [1.54, 1.807) is 24.3 Å². The summed E-state index contributed by atoms with van der Waals surface area (Å²) >= 11 is 0. The van der Waals surface area contributed by atoms with Gasteiger partial charge in [0, 0.05) is 11.1 Å². The minimum atomic E-state index is 0.0314. The minimum absolute atomic E-state index is 0.0314. The fourth-order valence-electron chi connectivity index (χ4n) is 4.44. The lowest BCUT2D eigenvalue weighted by molar-refractivity contribution is 0.104. The van der Waals surface area contributed by atoms with Crippen molar-refractivity contribution < 1.29 is 4.79 Å². The number of benzene rings is 4. The van der Waals surface area contributed by atoms with Gasteiger partial charge >= 0.3 is 0 Å². The summed E-state index contributed by atoms with van der Waals surface area (Å²) < 4.78 is 0. The summed E-state index contributed by atoms with van der Waals surface area (Å²) in [5.41, 5.74) is 10.8. The van der Waals surface area contributed by atoms with Crippen LogP contribution < -0.4 is 0 Å². The van der Waals surface area contributed by atoms with Crippen LogP contribution in [0.2, 0.25) is 0 Å². The number of rotatable bonds is 2. The Morgan fingerprint density at radius 3 is 1.59 bits per heavy atom. The van der Waals surface area contributed by atoms with Crippen LogP contribution in [0, 0.1) is 31.8 Å². The lowest BCUT2D eigenvalue weighted by Gasteiger charge is -2.11. The number of carbonyl (C=O) groups excluding carboxylic acids is 1. The van der Waals surface area contributed by atoms with Crippen molar-refractivity contribution in [2.24, 2.45) is 0 Å². The number of hydrogen-bond donors (Lipinski definition) is 0. The molecule has 0 saturated carbocycles. The first-order valence-electron chi connectivity index (χ1n) is 10.3. The van der Waals surface area contributed by atoms with Crippen molar-refractivity contribution in [1.82, 2.24) is 0 Å². The molecule has 150 valence electrons. The van der Waals surface area contributed by atoms with Crippen LogP contribution in [-0.2, 0) is 0 Å². The molecule has 0 unspecified atom stereocenters. The van der Waals surface area contributed by atoms with E-state index in [0.29, 0.717) is 22.4 Å². The molecule has 4 aromatic carbocycles. The molecule has 0 N–H and O–H groups in total. The number of nitriles is 1. The highest BCUT2D eigenvalue weighted by Crippen LogP contribution is 2.43. The molecule has 0 radical (unpaired) electrons. The van der Waals surface area contributed by atoms with E-state index < -0.39 is 0 Å². The van der Waals surface area contributed by atoms with Crippen LogP contribution >= 0.6 is 0 Å². The third-order valence-electron chi connectivity index (χ3n) is 6.14. The van der Waals surface area contributed by atoms with Gasteiger partial charge in [0.1, 0.15) is 0 Å². The van der Waals surface area contributed by atoms with Crippen molar-refractivity contribution in [2.45, 2.75) is 13.8 Å². The topological polar surface area (TPSA) is 45.2 Å². The molecule has 0 heterocycles. The average Bonchev–Trinajstić information content (AvgIpc) is 3.08. The number of carbonyl (C=O) groups is 1. The Morgan fingerprint density at radius 2 is 1.16 bits per heavy atom. The summed E-state index contributed by atoms with van der Waals surface area (Å²) in [6.45, 7) is 11.3. The molecule has 5 rings (SSSR count). The number of fused-ring (bicyclic) bond motifs is 3. The SMILES string of the molecule is [C-]#[N+]c1ccc(-c2cc3c(cc2C)-c2cc(C)c(-c4ccc(C#N)cc4)cc2C3=O)cc1. The maximum atomic E-state index is 13.4. The molecule has 1 aliphatic rings. The number of hydrogen-bond acceptors (Lipinski definition) is 2. The minimum Gasteiger partial charge on any atom is -0.289 e. The smallest absolute Gasteiger partial charge is 0.194 e. The molecule has 1 aliphatic carbocycles. The van der Waals surface area contributed by atoms with Crippen LogP contribution in [-0.4, -0.2) is 5.78 Å². The van der Waals surface area contributed by atoms with E-state index in [4.69, 9.17) is 11.8 Å². The monoisotopic (exact) mass is 410 g/mol. The van der Waals surface area contributed by atoms with Gasteiger partial charge in [-0.05, 0) is 82.6 Å². The predicted molar refractivity (Wildman–Crippen MR) is 127 cm³/mol. The predicted octanol–water partition coefficient (Wildman–Crippen LogP) is 7.27. The van der Waals surface area contributed by atoms with Crippen molar-refractivity contribution in [2.75, 3.05) is 0 Å². The van der Waals surface area contributed by atoms with E-state index in [1.807, 2.05) is 36.4 Å². The van der Waals surface area contributed by atoms with E-state index in [2.05, 4.69) is 36.9 Å². The summed E-state index contributed by atoms with van der Waals surface area (Å²) in [7, 11) is 0. The first kappa shape index (κ1) is 19.5. The summed E-state index contributed by atoms with van der Waals surface area (Å²) in [4.78, 5) is 16.9. The van der Waals surface area contributed by atoms with Gasteiger partial charge in [0.05, 0.1) is 18.2 Å². The third-order valence-corrected chi connectivity index (χ3v) is 6.14. The molecule has 0 aromatic heterocycles. The fourth-order valence-corrected chi connectivity index (χ4v) is 4.44. The molecule has 0 aliphatic heterocycles. The molecular weight excluding hydrogens is 392 g/mol. The Balaban J connectivity index is 1.62. The third kappa shape index (κ3) is 3.00. The highest BCUT2D eigenvalue weighted by atomic mass is 16.1. The van der Waals surface area contributed by atoms with Gasteiger partial charge in [-0.1, -0.05) is 48.5 Å². The van der Waals surface area contributed by atoms with E-state index in [0.717, 1.165) is 44.5 Å². The summed E-state index contributed by atoms with van der Waals surface area (Å²) in [6.07, 6.45) is 0. The Morgan fingerprint density at radius 1 is 0.688 bits per heavy atom. The van der Waals surface area contributed by atoms with Gasteiger partial charge in [-0.25, -0.2) is 4.85 Å². The maximum Gasteiger partial charge on any atom is 0.194 e. The first-order chi connectivity index (χ1) is 15.5. The van der Waals surface area contributed by atoms with Crippen molar-refractivity contribution in [3.05, 3.63) is 112 Å². The zero-order valence-corrected chi connectivity index (χ0v) is 17.7. The molecule has 3 heteroatoms.